The lowest BCUT2D eigenvalue weighted by Crippen LogP contribution is -2.13. The summed E-state index contributed by atoms with van der Waals surface area (Å²) in [5.41, 5.74) is 3.03. The maximum absolute atomic E-state index is 11.8. The number of furan rings is 1. The molecule has 0 amide bonds. The Morgan fingerprint density at radius 1 is 1.38 bits per heavy atom. The predicted octanol–water partition coefficient (Wildman–Crippen LogP) is 4.69. The fourth-order valence-electron chi connectivity index (χ4n) is 2.34. The molecule has 0 radical (unpaired) electrons. The molecule has 6 heteroatoms. The number of hydrogen-bond acceptors (Lipinski definition) is 3. The van der Waals surface area contributed by atoms with E-state index in [2.05, 4.69) is 15.9 Å². The highest BCUT2D eigenvalue weighted by atomic mass is 79.9. The smallest absolute Gasteiger partial charge is 0.419 e. The van der Waals surface area contributed by atoms with Gasteiger partial charge in [-0.15, -0.1) is 11.6 Å². The number of alkyl halides is 1. The zero-order valence-corrected chi connectivity index (χ0v) is 13.6. The van der Waals surface area contributed by atoms with Gasteiger partial charge in [0.2, 0.25) is 0 Å². The maximum Gasteiger partial charge on any atom is 0.419 e. The van der Waals surface area contributed by atoms with Gasteiger partial charge in [0.25, 0.3) is 0 Å². The number of aryl methyl sites for hydroxylation is 1. The third-order valence-corrected chi connectivity index (χ3v) is 4.48. The lowest BCUT2D eigenvalue weighted by Gasteiger charge is -2.08. The van der Waals surface area contributed by atoms with Gasteiger partial charge < -0.3 is 8.83 Å². The molecule has 21 heavy (non-hydrogen) atoms. The molecule has 0 spiro atoms. The van der Waals surface area contributed by atoms with Crippen LogP contribution in [0, 0.1) is 0 Å². The topological polar surface area (TPSA) is 48.3 Å². The summed E-state index contributed by atoms with van der Waals surface area (Å²) in [6, 6.07) is 7.39. The third kappa shape index (κ3) is 2.56. The second-order valence-electron chi connectivity index (χ2n) is 4.76. The Morgan fingerprint density at radius 3 is 2.86 bits per heavy atom. The summed E-state index contributed by atoms with van der Waals surface area (Å²) in [6.07, 6.45) is 2.45. The summed E-state index contributed by atoms with van der Waals surface area (Å²) in [4.78, 5) is 11.8. The van der Waals surface area contributed by atoms with Crippen LogP contribution in [0.1, 0.15) is 29.8 Å². The highest BCUT2D eigenvalue weighted by Gasteiger charge is 2.18. The lowest BCUT2D eigenvalue weighted by atomic mass is 10.1. The van der Waals surface area contributed by atoms with Crippen molar-refractivity contribution in [3.05, 3.63) is 56.9 Å². The average Bonchev–Trinajstić information content (AvgIpc) is 3.02. The number of oxazole rings is 1. The van der Waals surface area contributed by atoms with E-state index in [1.165, 1.54) is 0 Å². The molecule has 0 aliphatic heterocycles. The van der Waals surface area contributed by atoms with Gasteiger partial charge in [-0.3, -0.25) is 4.57 Å². The van der Waals surface area contributed by atoms with E-state index in [1.54, 1.807) is 16.9 Å². The highest BCUT2D eigenvalue weighted by Crippen LogP contribution is 2.35. The fourth-order valence-corrected chi connectivity index (χ4v) is 3.25. The number of rotatable bonds is 4. The molecule has 4 nitrogen and oxygen atoms in total. The van der Waals surface area contributed by atoms with Gasteiger partial charge in [-0.2, -0.15) is 0 Å². The molecule has 0 saturated heterocycles. The maximum atomic E-state index is 11.8. The number of halogens is 2. The van der Waals surface area contributed by atoms with E-state index in [1.807, 2.05) is 25.1 Å². The molecule has 0 aliphatic carbocycles. The fraction of sp³-hybridized carbons (Fsp3) is 0.267. The first kappa shape index (κ1) is 14.5. The van der Waals surface area contributed by atoms with E-state index in [0.29, 0.717) is 16.8 Å². The Kier molecular flexibility index (Phi) is 3.95. The molecule has 1 aromatic carbocycles. The van der Waals surface area contributed by atoms with Gasteiger partial charge in [0.15, 0.2) is 10.3 Å². The van der Waals surface area contributed by atoms with E-state index in [4.69, 9.17) is 20.4 Å². The van der Waals surface area contributed by atoms with Gasteiger partial charge in [-0.1, -0.05) is 13.0 Å². The summed E-state index contributed by atoms with van der Waals surface area (Å²) < 4.78 is 12.7. The van der Waals surface area contributed by atoms with Crippen LogP contribution < -0.4 is 5.76 Å². The predicted molar refractivity (Wildman–Crippen MR) is 84.9 cm³/mol. The molecular formula is C15H13BrClNO3. The monoisotopic (exact) mass is 369 g/mol. The molecule has 0 saturated carbocycles. The summed E-state index contributed by atoms with van der Waals surface area (Å²) in [5, 5.41) is -0.373. The summed E-state index contributed by atoms with van der Waals surface area (Å²) in [7, 11) is 0. The van der Waals surface area contributed by atoms with Gasteiger partial charge in [-0.05, 0) is 46.1 Å². The third-order valence-electron chi connectivity index (χ3n) is 3.35. The normalized spacial score (nSPS) is 12.9. The minimum Gasteiger partial charge on any atom is -0.457 e. The van der Waals surface area contributed by atoms with E-state index >= 15 is 0 Å². The Labute approximate surface area is 134 Å². The van der Waals surface area contributed by atoms with Gasteiger partial charge in [-0.25, -0.2) is 4.79 Å². The molecule has 3 rings (SSSR count). The summed E-state index contributed by atoms with van der Waals surface area (Å²) in [5.74, 6) is -0.334. The second kappa shape index (κ2) is 5.73. The molecule has 0 bridgehead atoms. The molecular weight excluding hydrogens is 358 g/mol. The van der Waals surface area contributed by atoms with Crippen molar-refractivity contribution >= 4 is 38.6 Å². The van der Waals surface area contributed by atoms with Crippen LogP contribution in [-0.2, 0) is 6.54 Å². The number of fused-ring (bicyclic) bond motifs is 1. The molecule has 110 valence electrons. The van der Waals surface area contributed by atoms with Crippen molar-refractivity contribution in [2.75, 3.05) is 0 Å². The van der Waals surface area contributed by atoms with Crippen molar-refractivity contribution in [1.29, 1.82) is 0 Å². The van der Waals surface area contributed by atoms with Crippen molar-refractivity contribution in [2.24, 2.45) is 0 Å². The molecule has 1 atom stereocenters. The molecule has 3 aromatic rings. The minimum atomic E-state index is -0.373. The molecule has 0 aliphatic rings. The van der Waals surface area contributed by atoms with Crippen molar-refractivity contribution in [3.8, 4) is 0 Å². The van der Waals surface area contributed by atoms with Gasteiger partial charge in [0, 0.05) is 12.1 Å². The number of benzene rings is 1. The first-order valence-corrected chi connectivity index (χ1v) is 7.85. The first-order chi connectivity index (χ1) is 10.1. The average molecular weight is 371 g/mol. The van der Waals surface area contributed by atoms with E-state index < -0.39 is 0 Å². The van der Waals surface area contributed by atoms with E-state index in [0.717, 1.165) is 23.1 Å². The number of nitrogens with zero attached hydrogens (tertiary/aromatic N) is 1. The Morgan fingerprint density at radius 2 is 2.19 bits per heavy atom. The van der Waals surface area contributed by atoms with E-state index in [-0.39, 0.29) is 11.1 Å². The Balaban J connectivity index is 2.06. The zero-order valence-electron chi connectivity index (χ0n) is 11.3. The van der Waals surface area contributed by atoms with Crippen molar-refractivity contribution in [3.63, 3.8) is 0 Å². The van der Waals surface area contributed by atoms with Crippen LogP contribution in [0.25, 0.3) is 11.1 Å². The van der Waals surface area contributed by atoms with Crippen molar-refractivity contribution in [2.45, 2.75) is 25.3 Å². The van der Waals surface area contributed by atoms with E-state index in [9.17, 15) is 4.79 Å². The van der Waals surface area contributed by atoms with Crippen LogP contribution in [0.15, 0.2) is 48.8 Å². The van der Waals surface area contributed by atoms with Crippen molar-refractivity contribution in [1.82, 2.24) is 4.57 Å². The van der Waals surface area contributed by atoms with Crippen molar-refractivity contribution < 1.29 is 8.83 Å². The minimum absolute atomic E-state index is 0.334. The molecule has 0 N–H and O–H groups in total. The molecule has 0 fully saturated rings. The molecule has 2 aromatic heterocycles. The van der Waals surface area contributed by atoms with Crippen LogP contribution in [-0.4, -0.2) is 4.57 Å². The lowest BCUT2D eigenvalue weighted by molar-refractivity contribution is 0.502. The van der Waals surface area contributed by atoms with Crippen LogP contribution in [0.5, 0.6) is 0 Å². The Bertz CT molecular complexity index is 833. The largest absolute Gasteiger partial charge is 0.457 e. The number of aromatic nitrogens is 1. The number of hydrogen-bond donors (Lipinski definition) is 0. The second-order valence-corrected chi connectivity index (χ2v) is 5.92. The quantitative estimate of drug-likeness (QED) is 0.626. The summed E-state index contributed by atoms with van der Waals surface area (Å²) >= 11 is 9.79. The summed E-state index contributed by atoms with van der Waals surface area (Å²) in [6.45, 7) is 2.66. The first-order valence-electron chi connectivity index (χ1n) is 6.62. The van der Waals surface area contributed by atoms with Gasteiger partial charge >= 0.3 is 5.76 Å². The van der Waals surface area contributed by atoms with Crippen LogP contribution >= 0.6 is 27.5 Å². The standard InChI is InChI=1S/C15H13BrClNO3/c1-2-6-18-11-4-3-9(8-12(11)21-15(18)19)13(17)10-5-7-20-14(10)16/h3-5,7-8,13H,2,6H2,1H3. The van der Waals surface area contributed by atoms with Crippen LogP contribution in [0.4, 0.5) is 0 Å². The van der Waals surface area contributed by atoms with Crippen LogP contribution in [0.2, 0.25) is 0 Å². The van der Waals surface area contributed by atoms with Gasteiger partial charge in [0.05, 0.1) is 17.2 Å². The highest BCUT2D eigenvalue weighted by molar-refractivity contribution is 9.10. The SMILES string of the molecule is CCCn1c(=O)oc2cc(C(Cl)c3ccoc3Br)ccc21. The Hall–Kier alpha value is -1.46. The zero-order chi connectivity index (χ0) is 15.0. The van der Waals surface area contributed by atoms with Crippen LogP contribution in [0.3, 0.4) is 0 Å². The van der Waals surface area contributed by atoms with Gasteiger partial charge in [0.1, 0.15) is 0 Å². The molecule has 2 heterocycles. The molecule has 1 unspecified atom stereocenters.